The highest BCUT2D eigenvalue weighted by Gasteiger charge is 2.12. The summed E-state index contributed by atoms with van der Waals surface area (Å²) < 4.78 is 17.9. The molecule has 0 atom stereocenters. The van der Waals surface area contributed by atoms with Crippen LogP contribution < -0.4 is 5.41 Å². The van der Waals surface area contributed by atoms with Crippen LogP contribution in [0, 0.1) is 5.82 Å². The van der Waals surface area contributed by atoms with Crippen LogP contribution in [0.5, 0.6) is 0 Å². The Hall–Kier alpha value is -1.38. The van der Waals surface area contributed by atoms with E-state index < -0.39 is 0 Å². The van der Waals surface area contributed by atoms with Gasteiger partial charge in [0.1, 0.15) is 11.4 Å². The van der Waals surface area contributed by atoms with Crippen molar-refractivity contribution in [2.75, 3.05) is 6.61 Å². The molecular formula is C9H11FNO+. The van der Waals surface area contributed by atoms with Crippen molar-refractivity contribution in [2.45, 2.75) is 6.92 Å². The Morgan fingerprint density at radius 3 is 2.75 bits per heavy atom. The molecule has 0 spiro atoms. The van der Waals surface area contributed by atoms with Crippen LogP contribution in [-0.2, 0) is 4.74 Å². The first-order valence-corrected chi connectivity index (χ1v) is 3.75. The Balaban J connectivity index is 2.87. The smallest absolute Gasteiger partial charge is 0.369 e. The van der Waals surface area contributed by atoms with Gasteiger partial charge in [0.15, 0.2) is 0 Å². The van der Waals surface area contributed by atoms with Crippen molar-refractivity contribution in [1.29, 1.82) is 0 Å². The number of ether oxygens (including phenoxy) is 1. The molecule has 0 aliphatic heterocycles. The largest absolute Gasteiger partial charge is 0.445 e. The fourth-order valence-corrected chi connectivity index (χ4v) is 0.894. The minimum atomic E-state index is -0.358. The summed E-state index contributed by atoms with van der Waals surface area (Å²) in [7, 11) is 0. The highest BCUT2D eigenvalue weighted by atomic mass is 19.1. The fraction of sp³-hybridized carbons (Fsp3) is 0.222. The molecular weight excluding hydrogens is 157 g/mol. The van der Waals surface area contributed by atoms with Crippen LogP contribution in [0.1, 0.15) is 12.5 Å². The predicted octanol–water partition coefficient (Wildman–Crippen LogP) is 0.368. The third-order valence-corrected chi connectivity index (χ3v) is 1.44. The molecule has 0 amide bonds. The summed E-state index contributed by atoms with van der Waals surface area (Å²) >= 11 is 0. The van der Waals surface area contributed by atoms with Gasteiger partial charge in [-0.3, -0.25) is 0 Å². The maximum absolute atomic E-state index is 13.0. The maximum Gasteiger partial charge on any atom is 0.369 e. The van der Waals surface area contributed by atoms with Gasteiger partial charge in [-0.05, 0) is 19.1 Å². The molecule has 0 unspecified atom stereocenters. The summed E-state index contributed by atoms with van der Waals surface area (Å²) in [5, 5.41) is 5.46. The quantitative estimate of drug-likeness (QED) is 0.502. The van der Waals surface area contributed by atoms with E-state index in [1.807, 2.05) is 0 Å². The van der Waals surface area contributed by atoms with Crippen molar-refractivity contribution in [3.63, 3.8) is 0 Å². The number of hydrogen-bond acceptors (Lipinski definition) is 1. The highest BCUT2D eigenvalue weighted by molar-refractivity contribution is 5.89. The second-order valence-electron chi connectivity index (χ2n) is 2.28. The second-order valence-corrected chi connectivity index (χ2v) is 2.28. The van der Waals surface area contributed by atoms with E-state index in [0.29, 0.717) is 12.2 Å². The van der Waals surface area contributed by atoms with Crippen LogP contribution in [0.25, 0.3) is 0 Å². The first-order chi connectivity index (χ1) is 5.75. The van der Waals surface area contributed by atoms with Crippen LogP contribution in [0.3, 0.4) is 0 Å². The molecule has 2 N–H and O–H groups in total. The van der Waals surface area contributed by atoms with Crippen molar-refractivity contribution >= 4 is 5.90 Å². The molecule has 64 valence electrons. The molecule has 0 heterocycles. The summed E-state index contributed by atoms with van der Waals surface area (Å²) in [5.41, 5.74) is 0.319. The average Bonchev–Trinajstić information content (AvgIpc) is 2.05. The van der Waals surface area contributed by atoms with Gasteiger partial charge in [-0.2, -0.15) is 0 Å². The summed E-state index contributed by atoms with van der Waals surface area (Å²) in [6.07, 6.45) is 0. The normalized spacial score (nSPS) is 9.50. The van der Waals surface area contributed by atoms with E-state index in [2.05, 4.69) is 0 Å². The minimum absolute atomic E-state index is 0.135. The second kappa shape index (κ2) is 3.85. The summed E-state index contributed by atoms with van der Waals surface area (Å²) in [6.45, 7) is 2.24. The Morgan fingerprint density at radius 1 is 1.50 bits per heavy atom. The highest BCUT2D eigenvalue weighted by Crippen LogP contribution is 2.05. The number of halogens is 1. The first-order valence-electron chi connectivity index (χ1n) is 3.75. The number of benzene rings is 1. The lowest BCUT2D eigenvalue weighted by Gasteiger charge is -1.99. The molecule has 3 heteroatoms. The molecule has 0 aromatic heterocycles. The Morgan fingerprint density at radius 2 is 2.17 bits per heavy atom. The number of hydrogen-bond donors (Lipinski definition) is 1. The van der Waals surface area contributed by atoms with Gasteiger partial charge < -0.3 is 4.74 Å². The maximum atomic E-state index is 13.0. The SMILES string of the molecule is CCOC(=[NH2+])c1ccccc1F. The van der Waals surface area contributed by atoms with Gasteiger partial charge in [0.2, 0.25) is 0 Å². The zero-order valence-electron chi connectivity index (χ0n) is 6.88. The van der Waals surface area contributed by atoms with Crippen LogP contribution in [0.15, 0.2) is 24.3 Å². The Bertz CT molecular complexity index is 286. The molecule has 1 aromatic rings. The first kappa shape index (κ1) is 8.71. The molecule has 0 aliphatic carbocycles. The third-order valence-electron chi connectivity index (χ3n) is 1.44. The van der Waals surface area contributed by atoms with Crippen LogP contribution in [0.4, 0.5) is 4.39 Å². The van der Waals surface area contributed by atoms with E-state index in [1.165, 1.54) is 6.07 Å². The fourth-order valence-electron chi connectivity index (χ4n) is 0.894. The molecule has 0 fully saturated rings. The van der Waals surface area contributed by atoms with Crippen LogP contribution in [0.2, 0.25) is 0 Å². The Kier molecular flexibility index (Phi) is 2.80. The van der Waals surface area contributed by atoms with Gasteiger partial charge in [-0.15, -0.1) is 0 Å². The summed E-state index contributed by atoms with van der Waals surface area (Å²) in [5.74, 6) is -0.223. The predicted molar refractivity (Wildman–Crippen MR) is 44.1 cm³/mol. The lowest BCUT2D eigenvalue weighted by Crippen LogP contribution is -2.42. The molecule has 1 aromatic carbocycles. The molecule has 1 rings (SSSR count). The van der Waals surface area contributed by atoms with Crippen molar-refractivity contribution < 1.29 is 14.5 Å². The van der Waals surface area contributed by atoms with Crippen molar-refractivity contribution in [1.82, 2.24) is 0 Å². The zero-order valence-corrected chi connectivity index (χ0v) is 6.88. The molecule has 0 radical (unpaired) electrons. The van der Waals surface area contributed by atoms with Gasteiger partial charge in [-0.25, -0.2) is 9.80 Å². The van der Waals surface area contributed by atoms with Gasteiger partial charge in [0.25, 0.3) is 0 Å². The lowest BCUT2D eigenvalue weighted by atomic mass is 10.2. The van der Waals surface area contributed by atoms with Crippen LogP contribution in [-0.4, -0.2) is 12.5 Å². The summed E-state index contributed by atoms with van der Waals surface area (Å²) in [6, 6.07) is 6.25. The van der Waals surface area contributed by atoms with Crippen molar-refractivity contribution in [2.24, 2.45) is 0 Å². The molecule has 0 saturated carbocycles. The average molecular weight is 168 g/mol. The van der Waals surface area contributed by atoms with Gasteiger partial charge >= 0.3 is 5.90 Å². The van der Waals surface area contributed by atoms with E-state index in [-0.39, 0.29) is 11.7 Å². The molecule has 0 saturated heterocycles. The molecule has 12 heavy (non-hydrogen) atoms. The van der Waals surface area contributed by atoms with E-state index in [9.17, 15) is 4.39 Å². The lowest BCUT2D eigenvalue weighted by molar-refractivity contribution is -0.138. The van der Waals surface area contributed by atoms with E-state index in [1.54, 1.807) is 25.1 Å². The summed E-state index contributed by atoms with van der Waals surface area (Å²) in [4.78, 5) is 0. The van der Waals surface area contributed by atoms with E-state index in [4.69, 9.17) is 10.1 Å². The topological polar surface area (TPSA) is 34.8 Å². The standard InChI is InChI=1S/C9H10FNO/c1-2-12-9(11)7-5-3-4-6-8(7)10/h3-6,11H,2H2,1H3/p+1. The van der Waals surface area contributed by atoms with E-state index >= 15 is 0 Å². The van der Waals surface area contributed by atoms with Crippen molar-refractivity contribution in [3.8, 4) is 0 Å². The van der Waals surface area contributed by atoms with Gasteiger partial charge in [0, 0.05) is 0 Å². The van der Waals surface area contributed by atoms with Crippen LogP contribution >= 0.6 is 0 Å². The van der Waals surface area contributed by atoms with Gasteiger partial charge in [-0.1, -0.05) is 12.1 Å². The molecule has 0 bridgehead atoms. The Labute approximate surface area is 70.5 Å². The molecule has 2 nitrogen and oxygen atoms in total. The number of nitrogens with two attached hydrogens (primary N) is 1. The minimum Gasteiger partial charge on any atom is -0.445 e. The zero-order chi connectivity index (χ0) is 8.97. The third kappa shape index (κ3) is 1.81. The molecule has 0 aliphatic rings. The monoisotopic (exact) mass is 168 g/mol. The van der Waals surface area contributed by atoms with Crippen molar-refractivity contribution in [3.05, 3.63) is 35.6 Å². The number of rotatable bonds is 2. The van der Waals surface area contributed by atoms with Gasteiger partial charge in [0.05, 0.1) is 6.61 Å². The van der Waals surface area contributed by atoms with E-state index in [0.717, 1.165) is 0 Å².